The lowest BCUT2D eigenvalue weighted by Gasteiger charge is -2.36. The lowest BCUT2D eigenvalue weighted by molar-refractivity contribution is 0.294. The standard InChI is InChI=1S/C21H31NO.C7H8FNO2S/c23-18-9-10-19-17(13-18)8-11-21(20(19)12-15-6-7-15)22-14-16-4-2-1-3-5-16;1-9-12(10,11)7-5-3-2-4-6(7)8/h9-10,13,15-16,20-23H,1-8,11-12,14H2;2-5,9H,1H3. The topological polar surface area (TPSA) is 78.4 Å². The average molecular weight is 503 g/mol. The minimum atomic E-state index is -3.65. The summed E-state index contributed by atoms with van der Waals surface area (Å²) < 4.78 is 37.0. The molecule has 5 nitrogen and oxygen atoms in total. The fourth-order valence-electron chi connectivity index (χ4n) is 5.63. The zero-order valence-electron chi connectivity index (χ0n) is 20.7. The lowest BCUT2D eigenvalue weighted by atomic mass is 9.76. The van der Waals surface area contributed by atoms with E-state index in [4.69, 9.17) is 0 Å². The summed E-state index contributed by atoms with van der Waals surface area (Å²) in [6.45, 7) is 1.22. The number of sulfonamides is 1. The highest BCUT2D eigenvalue weighted by Crippen LogP contribution is 2.44. The fourth-order valence-corrected chi connectivity index (χ4v) is 6.43. The lowest BCUT2D eigenvalue weighted by Crippen LogP contribution is -2.41. The molecule has 0 aliphatic heterocycles. The van der Waals surface area contributed by atoms with Crippen LogP contribution >= 0.6 is 0 Å². The van der Waals surface area contributed by atoms with Gasteiger partial charge in [-0.1, -0.05) is 50.3 Å². The summed E-state index contributed by atoms with van der Waals surface area (Å²) in [5.41, 5.74) is 2.91. The maximum absolute atomic E-state index is 12.9. The van der Waals surface area contributed by atoms with E-state index in [9.17, 15) is 17.9 Å². The predicted molar refractivity (Wildman–Crippen MR) is 138 cm³/mol. The maximum atomic E-state index is 12.9. The van der Waals surface area contributed by atoms with Gasteiger partial charge in [0.25, 0.3) is 0 Å². The molecule has 2 unspecified atom stereocenters. The third-order valence-corrected chi connectivity index (χ3v) is 9.26. The quantitative estimate of drug-likeness (QED) is 0.468. The van der Waals surface area contributed by atoms with Gasteiger partial charge >= 0.3 is 0 Å². The predicted octanol–water partition coefficient (Wildman–Crippen LogP) is 5.49. The van der Waals surface area contributed by atoms with Gasteiger partial charge in [0.05, 0.1) is 0 Å². The van der Waals surface area contributed by atoms with Gasteiger partial charge in [0.15, 0.2) is 0 Å². The van der Waals surface area contributed by atoms with Crippen molar-refractivity contribution in [2.75, 3.05) is 13.6 Å². The van der Waals surface area contributed by atoms with Crippen LogP contribution in [0.3, 0.4) is 0 Å². The summed E-state index contributed by atoms with van der Waals surface area (Å²) in [4.78, 5) is -0.326. The Balaban J connectivity index is 0.000000204. The number of hydrogen-bond acceptors (Lipinski definition) is 4. The highest BCUT2D eigenvalue weighted by atomic mass is 32.2. The van der Waals surface area contributed by atoms with Gasteiger partial charge in [0, 0.05) is 6.04 Å². The van der Waals surface area contributed by atoms with E-state index in [2.05, 4.69) is 11.4 Å². The summed E-state index contributed by atoms with van der Waals surface area (Å²) in [6, 6.07) is 12.0. The highest BCUT2D eigenvalue weighted by molar-refractivity contribution is 7.89. The van der Waals surface area contributed by atoms with Gasteiger partial charge in [-0.15, -0.1) is 0 Å². The average Bonchev–Trinajstić information content (AvgIpc) is 3.69. The number of aromatic hydroxyl groups is 1. The van der Waals surface area contributed by atoms with Crippen LogP contribution < -0.4 is 10.0 Å². The van der Waals surface area contributed by atoms with E-state index >= 15 is 0 Å². The highest BCUT2D eigenvalue weighted by Gasteiger charge is 2.34. The number of halogens is 1. The second-order valence-corrected chi connectivity index (χ2v) is 12.2. The summed E-state index contributed by atoms with van der Waals surface area (Å²) in [6.07, 6.45) is 13.7. The van der Waals surface area contributed by atoms with E-state index in [1.54, 1.807) is 0 Å². The normalized spacial score (nSPS) is 22.7. The van der Waals surface area contributed by atoms with E-state index in [0.29, 0.717) is 17.7 Å². The van der Waals surface area contributed by atoms with Gasteiger partial charge < -0.3 is 10.4 Å². The van der Waals surface area contributed by atoms with Crippen LogP contribution in [0.1, 0.15) is 74.8 Å². The van der Waals surface area contributed by atoms with E-state index in [-0.39, 0.29) is 4.90 Å². The summed E-state index contributed by atoms with van der Waals surface area (Å²) >= 11 is 0. The number of nitrogens with one attached hydrogen (secondary N) is 2. The van der Waals surface area contributed by atoms with Crippen molar-refractivity contribution >= 4 is 10.0 Å². The molecule has 3 N–H and O–H groups in total. The first-order valence-electron chi connectivity index (χ1n) is 13.1. The van der Waals surface area contributed by atoms with Gasteiger partial charge in [-0.3, -0.25) is 0 Å². The summed E-state index contributed by atoms with van der Waals surface area (Å²) in [5, 5.41) is 13.8. The number of aryl methyl sites for hydroxylation is 1. The molecule has 2 aromatic rings. The van der Waals surface area contributed by atoms with Crippen molar-refractivity contribution in [3.05, 3.63) is 59.4 Å². The van der Waals surface area contributed by atoms with Gasteiger partial charge in [-0.2, -0.15) is 0 Å². The first-order chi connectivity index (χ1) is 16.9. The van der Waals surface area contributed by atoms with Crippen LogP contribution in [0.4, 0.5) is 4.39 Å². The maximum Gasteiger partial charge on any atom is 0.243 e. The van der Waals surface area contributed by atoms with E-state index < -0.39 is 15.8 Å². The molecule has 0 amide bonds. The molecule has 2 fully saturated rings. The second-order valence-electron chi connectivity index (χ2n) is 10.4. The van der Waals surface area contributed by atoms with E-state index in [1.807, 2.05) is 16.9 Å². The van der Waals surface area contributed by atoms with Crippen LogP contribution in [0.5, 0.6) is 5.75 Å². The molecular weight excluding hydrogens is 463 g/mol. The van der Waals surface area contributed by atoms with Crippen LogP contribution in [0.15, 0.2) is 47.4 Å². The smallest absolute Gasteiger partial charge is 0.243 e. The summed E-state index contributed by atoms with van der Waals surface area (Å²) in [7, 11) is -2.42. The van der Waals surface area contributed by atoms with Gasteiger partial charge in [0.1, 0.15) is 16.5 Å². The zero-order chi connectivity index (χ0) is 24.8. The Morgan fingerprint density at radius 2 is 1.71 bits per heavy atom. The zero-order valence-corrected chi connectivity index (χ0v) is 21.5. The molecule has 3 aliphatic rings. The molecule has 0 heterocycles. The number of phenolic OH excluding ortho intramolecular Hbond substituents is 1. The number of rotatable bonds is 7. The third-order valence-electron chi connectivity index (χ3n) is 7.81. The SMILES string of the molecule is CNS(=O)(=O)c1ccccc1F.Oc1ccc2c(c1)CCC(NCC1CCCCC1)C2CC1CC1. The molecule has 0 spiro atoms. The van der Waals surface area contributed by atoms with Crippen LogP contribution in [-0.2, 0) is 16.4 Å². The Morgan fingerprint density at radius 3 is 2.40 bits per heavy atom. The molecule has 0 bridgehead atoms. The molecule has 0 radical (unpaired) electrons. The van der Waals surface area contributed by atoms with Crippen molar-refractivity contribution < 1.29 is 17.9 Å². The van der Waals surface area contributed by atoms with E-state index in [1.165, 1.54) is 101 Å². The molecule has 35 heavy (non-hydrogen) atoms. The molecule has 192 valence electrons. The van der Waals surface area contributed by atoms with Gasteiger partial charge in [-0.25, -0.2) is 17.5 Å². The van der Waals surface area contributed by atoms with Crippen LogP contribution in [0.2, 0.25) is 0 Å². The molecular formula is C28H39FN2O3S. The fraction of sp³-hybridized carbons (Fsp3) is 0.571. The first-order valence-corrected chi connectivity index (χ1v) is 14.6. The summed E-state index contributed by atoms with van der Waals surface area (Å²) in [5.74, 6) is 2.22. The van der Waals surface area contributed by atoms with Gasteiger partial charge in [0.2, 0.25) is 10.0 Å². The molecule has 0 saturated heterocycles. The molecule has 3 aliphatic carbocycles. The molecule has 2 saturated carbocycles. The Morgan fingerprint density at radius 1 is 0.971 bits per heavy atom. The Hall–Kier alpha value is -1.96. The van der Waals surface area contributed by atoms with Crippen molar-refractivity contribution in [1.29, 1.82) is 0 Å². The third kappa shape index (κ3) is 7.05. The van der Waals surface area contributed by atoms with Crippen molar-refractivity contribution in [2.45, 2.75) is 81.1 Å². The number of fused-ring (bicyclic) bond motifs is 1. The number of phenols is 1. The van der Waals surface area contributed by atoms with Crippen LogP contribution in [-0.4, -0.2) is 33.2 Å². The number of benzene rings is 2. The van der Waals surface area contributed by atoms with E-state index in [0.717, 1.165) is 24.3 Å². The largest absolute Gasteiger partial charge is 0.508 e. The minimum Gasteiger partial charge on any atom is -0.508 e. The molecule has 5 rings (SSSR count). The van der Waals surface area contributed by atoms with Gasteiger partial charge in [-0.05, 0) is 98.8 Å². The molecule has 2 atom stereocenters. The first kappa shape index (κ1) is 26.1. The van der Waals surface area contributed by atoms with Crippen LogP contribution in [0, 0.1) is 17.7 Å². The Bertz CT molecular complexity index is 1080. The Kier molecular flexibility index (Phi) is 8.84. The molecule has 7 heteroatoms. The molecule has 0 aromatic heterocycles. The Labute approximate surface area is 209 Å². The molecule has 2 aromatic carbocycles. The minimum absolute atomic E-state index is 0.326. The van der Waals surface area contributed by atoms with Crippen molar-refractivity contribution in [1.82, 2.24) is 10.0 Å². The second kappa shape index (κ2) is 11.8. The number of hydrogen-bond donors (Lipinski definition) is 3. The van der Waals surface area contributed by atoms with Crippen molar-refractivity contribution in [3.8, 4) is 5.75 Å². The van der Waals surface area contributed by atoms with Crippen molar-refractivity contribution in [2.24, 2.45) is 11.8 Å². The van der Waals surface area contributed by atoms with Crippen LogP contribution in [0.25, 0.3) is 0 Å². The van der Waals surface area contributed by atoms with Crippen molar-refractivity contribution in [3.63, 3.8) is 0 Å². The monoisotopic (exact) mass is 502 g/mol.